The number of hydrogen-bond donors (Lipinski definition) is 1. The van der Waals surface area contributed by atoms with E-state index in [4.69, 9.17) is 18.9 Å². The number of carboxylic acid groups (broad SMARTS) is 1. The molecule has 12 nitrogen and oxygen atoms in total. The normalized spacial score (nSPS) is 22.5. The van der Waals surface area contributed by atoms with Gasteiger partial charge in [0.25, 0.3) is 0 Å². The molecule has 0 aromatic rings. The summed E-state index contributed by atoms with van der Waals surface area (Å²) in [4.78, 5) is 47.0. The SMILES string of the molecule is C=CCOC(=O)OC1COC(C(=O)O)C(OC(=O)OCC=C)C1OC(=O)OCC=C. The largest absolute Gasteiger partial charge is 0.509 e. The molecule has 1 heterocycles. The average Bonchev–Trinajstić information content (AvgIpc) is 2.71. The van der Waals surface area contributed by atoms with Gasteiger partial charge < -0.3 is 38.3 Å². The van der Waals surface area contributed by atoms with E-state index in [2.05, 4.69) is 33.9 Å². The van der Waals surface area contributed by atoms with Gasteiger partial charge in [0.2, 0.25) is 0 Å². The first-order chi connectivity index (χ1) is 14.3. The van der Waals surface area contributed by atoms with Crippen LogP contribution in [0.3, 0.4) is 0 Å². The maximum atomic E-state index is 11.9. The van der Waals surface area contributed by atoms with Crippen molar-refractivity contribution in [2.45, 2.75) is 24.4 Å². The Morgan fingerprint density at radius 1 is 0.800 bits per heavy atom. The lowest BCUT2D eigenvalue weighted by atomic mass is 9.99. The first-order valence-corrected chi connectivity index (χ1v) is 8.51. The molecule has 30 heavy (non-hydrogen) atoms. The third-order valence-corrected chi connectivity index (χ3v) is 3.34. The molecular formula is C18H22O12. The van der Waals surface area contributed by atoms with Gasteiger partial charge in [0, 0.05) is 0 Å². The zero-order valence-corrected chi connectivity index (χ0v) is 15.9. The highest BCUT2D eigenvalue weighted by Gasteiger charge is 2.51. The van der Waals surface area contributed by atoms with E-state index in [9.17, 15) is 24.3 Å². The Kier molecular flexibility index (Phi) is 10.5. The van der Waals surface area contributed by atoms with Gasteiger partial charge in [-0.25, -0.2) is 19.2 Å². The van der Waals surface area contributed by atoms with Gasteiger partial charge in [0.05, 0.1) is 6.61 Å². The Balaban J connectivity index is 3.09. The lowest BCUT2D eigenvalue weighted by Gasteiger charge is -2.38. The predicted molar refractivity (Wildman–Crippen MR) is 96.6 cm³/mol. The molecule has 1 aliphatic rings. The second-order valence-electron chi connectivity index (χ2n) is 5.46. The molecule has 1 N–H and O–H groups in total. The molecule has 1 aliphatic heterocycles. The second-order valence-corrected chi connectivity index (χ2v) is 5.46. The van der Waals surface area contributed by atoms with Crippen molar-refractivity contribution in [2.75, 3.05) is 26.4 Å². The van der Waals surface area contributed by atoms with Crippen LogP contribution in [0.15, 0.2) is 38.0 Å². The molecule has 1 fully saturated rings. The van der Waals surface area contributed by atoms with Crippen LogP contribution in [0.25, 0.3) is 0 Å². The van der Waals surface area contributed by atoms with Crippen LogP contribution in [0.4, 0.5) is 14.4 Å². The predicted octanol–water partition coefficient (Wildman–Crippen LogP) is 1.59. The molecule has 0 spiro atoms. The van der Waals surface area contributed by atoms with Crippen molar-refractivity contribution in [2.24, 2.45) is 0 Å². The van der Waals surface area contributed by atoms with Crippen LogP contribution in [0.1, 0.15) is 0 Å². The number of ether oxygens (including phenoxy) is 7. The van der Waals surface area contributed by atoms with Gasteiger partial charge in [-0.05, 0) is 0 Å². The van der Waals surface area contributed by atoms with Crippen LogP contribution in [0.5, 0.6) is 0 Å². The lowest BCUT2D eigenvalue weighted by Crippen LogP contribution is -2.59. The summed E-state index contributed by atoms with van der Waals surface area (Å²) in [6.45, 7) is 8.94. The van der Waals surface area contributed by atoms with E-state index in [0.29, 0.717) is 0 Å². The van der Waals surface area contributed by atoms with Crippen molar-refractivity contribution in [3.63, 3.8) is 0 Å². The summed E-state index contributed by atoms with van der Waals surface area (Å²) in [6, 6.07) is 0. The molecule has 166 valence electrons. The van der Waals surface area contributed by atoms with E-state index in [-0.39, 0.29) is 19.8 Å². The minimum Gasteiger partial charge on any atom is -0.479 e. The van der Waals surface area contributed by atoms with Gasteiger partial charge in [0.1, 0.15) is 19.8 Å². The van der Waals surface area contributed by atoms with Crippen LogP contribution < -0.4 is 0 Å². The van der Waals surface area contributed by atoms with Crippen LogP contribution in [0, 0.1) is 0 Å². The number of carboxylic acids is 1. The Hall–Kier alpha value is -3.54. The van der Waals surface area contributed by atoms with Crippen LogP contribution in [-0.4, -0.2) is 80.4 Å². The summed E-state index contributed by atoms with van der Waals surface area (Å²) < 4.78 is 34.2. The molecule has 1 rings (SSSR count). The van der Waals surface area contributed by atoms with Crippen LogP contribution in [-0.2, 0) is 38.0 Å². The van der Waals surface area contributed by atoms with E-state index in [1.807, 2.05) is 0 Å². The monoisotopic (exact) mass is 430 g/mol. The van der Waals surface area contributed by atoms with E-state index >= 15 is 0 Å². The molecule has 0 aromatic carbocycles. The van der Waals surface area contributed by atoms with Crippen molar-refractivity contribution < 1.29 is 57.4 Å². The Labute approximate surface area is 171 Å². The van der Waals surface area contributed by atoms with E-state index in [0.717, 1.165) is 0 Å². The van der Waals surface area contributed by atoms with E-state index in [1.165, 1.54) is 18.2 Å². The summed E-state index contributed by atoms with van der Waals surface area (Å²) in [5.74, 6) is -1.53. The Morgan fingerprint density at radius 3 is 1.67 bits per heavy atom. The lowest BCUT2D eigenvalue weighted by molar-refractivity contribution is -0.210. The summed E-state index contributed by atoms with van der Waals surface area (Å²) >= 11 is 0. The zero-order valence-electron chi connectivity index (χ0n) is 15.9. The zero-order chi connectivity index (χ0) is 22.5. The standard InChI is InChI=1S/C18H22O12/c1-4-7-24-16(21)28-11-10-27-14(15(19)20)13(30-18(23)26-9-6-3)12(11)29-17(22)25-8-5-2/h4-6,11-14H,1-3,7-10H2,(H,19,20). The topological polar surface area (TPSA) is 153 Å². The third-order valence-electron chi connectivity index (χ3n) is 3.34. The molecule has 4 unspecified atom stereocenters. The number of carbonyl (C=O) groups is 4. The smallest absolute Gasteiger partial charge is 0.479 e. The van der Waals surface area contributed by atoms with Crippen LogP contribution in [0.2, 0.25) is 0 Å². The summed E-state index contributed by atoms with van der Waals surface area (Å²) in [7, 11) is 0. The second kappa shape index (κ2) is 12.8. The van der Waals surface area contributed by atoms with E-state index < -0.39 is 55.5 Å². The maximum Gasteiger partial charge on any atom is 0.509 e. The number of rotatable bonds is 10. The molecule has 0 aliphatic carbocycles. The molecule has 12 heteroatoms. The number of hydrogen-bond acceptors (Lipinski definition) is 11. The molecular weight excluding hydrogens is 408 g/mol. The van der Waals surface area contributed by atoms with Gasteiger partial charge in [-0.3, -0.25) is 0 Å². The van der Waals surface area contributed by atoms with Gasteiger partial charge in [0.15, 0.2) is 24.4 Å². The molecule has 0 aromatic heterocycles. The molecule has 0 amide bonds. The summed E-state index contributed by atoms with van der Waals surface area (Å²) in [6.07, 6.45) is -6.48. The van der Waals surface area contributed by atoms with Crippen molar-refractivity contribution in [3.05, 3.63) is 38.0 Å². The fourth-order valence-electron chi connectivity index (χ4n) is 2.19. The van der Waals surface area contributed by atoms with Crippen molar-refractivity contribution >= 4 is 24.4 Å². The van der Waals surface area contributed by atoms with Gasteiger partial charge >= 0.3 is 24.4 Å². The highest BCUT2D eigenvalue weighted by Crippen LogP contribution is 2.25. The molecule has 0 radical (unpaired) electrons. The van der Waals surface area contributed by atoms with Crippen molar-refractivity contribution in [3.8, 4) is 0 Å². The van der Waals surface area contributed by atoms with Gasteiger partial charge in [-0.2, -0.15) is 0 Å². The number of carbonyl (C=O) groups excluding carboxylic acids is 3. The minimum absolute atomic E-state index is 0.176. The molecule has 1 saturated heterocycles. The third kappa shape index (κ3) is 7.83. The first-order valence-electron chi connectivity index (χ1n) is 8.51. The molecule has 4 atom stereocenters. The van der Waals surface area contributed by atoms with Gasteiger partial charge in [-0.15, -0.1) is 0 Å². The maximum absolute atomic E-state index is 11.9. The number of aliphatic carboxylic acids is 1. The molecule has 0 bridgehead atoms. The highest BCUT2D eigenvalue weighted by atomic mass is 16.8. The summed E-state index contributed by atoms with van der Waals surface area (Å²) in [5.41, 5.74) is 0. The van der Waals surface area contributed by atoms with Crippen molar-refractivity contribution in [1.82, 2.24) is 0 Å². The van der Waals surface area contributed by atoms with E-state index in [1.54, 1.807) is 0 Å². The fourth-order valence-corrected chi connectivity index (χ4v) is 2.19. The quantitative estimate of drug-likeness (QED) is 0.304. The van der Waals surface area contributed by atoms with Gasteiger partial charge in [-0.1, -0.05) is 38.0 Å². The first kappa shape index (κ1) is 24.5. The average molecular weight is 430 g/mol. The highest BCUT2D eigenvalue weighted by molar-refractivity contribution is 5.74. The summed E-state index contributed by atoms with van der Waals surface area (Å²) in [5, 5.41) is 9.37. The Morgan fingerprint density at radius 2 is 1.23 bits per heavy atom. The van der Waals surface area contributed by atoms with Crippen molar-refractivity contribution in [1.29, 1.82) is 0 Å². The molecule has 0 saturated carbocycles. The van der Waals surface area contributed by atoms with Crippen LogP contribution >= 0.6 is 0 Å². The Bertz CT molecular complexity index is 658. The minimum atomic E-state index is -1.76. The fraction of sp³-hybridized carbons (Fsp3) is 0.444.